The van der Waals surface area contributed by atoms with E-state index < -0.39 is 0 Å². The van der Waals surface area contributed by atoms with E-state index in [1.165, 1.54) is 6.33 Å². The zero-order valence-electron chi connectivity index (χ0n) is 10.1. The topological polar surface area (TPSA) is 66.0 Å². The summed E-state index contributed by atoms with van der Waals surface area (Å²) in [5.74, 6) is 1.46. The first-order chi connectivity index (χ1) is 8.70. The van der Waals surface area contributed by atoms with Gasteiger partial charge < -0.3 is 10.5 Å². The second kappa shape index (κ2) is 5.73. The Balaban J connectivity index is 2.02. The summed E-state index contributed by atoms with van der Waals surface area (Å²) in [4.78, 5) is 4.16. The molecule has 96 valence electrons. The van der Waals surface area contributed by atoms with Crippen LogP contribution in [0.5, 0.6) is 5.75 Å². The molecule has 0 aliphatic carbocycles. The number of anilines is 1. The Morgan fingerprint density at radius 2 is 2.28 bits per heavy atom. The number of ether oxygens (including phenoxy) is 1. The van der Waals surface area contributed by atoms with Crippen molar-refractivity contribution in [1.82, 2.24) is 14.8 Å². The molecule has 0 atom stereocenters. The number of aryl methyl sites for hydroxylation is 1. The number of nitrogen functional groups attached to an aromatic ring is 1. The smallest absolute Gasteiger partial charge is 0.164 e. The van der Waals surface area contributed by atoms with E-state index in [1.807, 2.05) is 4.68 Å². The molecule has 1 aromatic carbocycles. The highest BCUT2D eigenvalue weighted by atomic mass is 35.5. The molecule has 5 nitrogen and oxygen atoms in total. The van der Waals surface area contributed by atoms with Gasteiger partial charge in [0.25, 0.3) is 0 Å². The van der Waals surface area contributed by atoms with Gasteiger partial charge in [0, 0.05) is 12.6 Å². The van der Waals surface area contributed by atoms with Crippen LogP contribution in [0.2, 0.25) is 5.02 Å². The first kappa shape index (κ1) is 12.7. The standard InChI is InChI=1S/C12H15ClN4O/c1-2-5-17-12(15-8-16-17)7-18-9-3-4-11(14)10(13)6-9/h3-4,6,8H,2,5,7,14H2,1H3. The minimum atomic E-state index is 0.361. The van der Waals surface area contributed by atoms with Crippen molar-refractivity contribution in [2.24, 2.45) is 0 Å². The molecule has 0 fully saturated rings. The zero-order valence-corrected chi connectivity index (χ0v) is 10.9. The first-order valence-electron chi connectivity index (χ1n) is 5.75. The van der Waals surface area contributed by atoms with Gasteiger partial charge in [0.15, 0.2) is 5.82 Å². The van der Waals surface area contributed by atoms with Gasteiger partial charge in [-0.15, -0.1) is 0 Å². The molecule has 0 spiro atoms. The van der Waals surface area contributed by atoms with Crippen LogP contribution < -0.4 is 10.5 Å². The zero-order chi connectivity index (χ0) is 13.0. The van der Waals surface area contributed by atoms with Gasteiger partial charge in [-0.05, 0) is 18.6 Å². The third kappa shape index (κ3) is 2.92. The van der Waals surface area contributed by atoms with E-state index in [2.05, 4.69) is 17.0 Å². The molecule has 2 rings (SSSR count). The van der Waals surface area contributed by atoms with Crippen LogP contribution in [0.1, 0.15) is 19.2 Å². The van der Waals surface area contributed by atoms with Crippen molar-refractivity contribution < 1.29 is 4.74 Å². The van der Waals surface area contributed by atoms with Crippen molar-refractivity contribution in [2.45, 2.75) is 26.5 Å². The molecule has 6 heteroatoms. The van der Waals surface area contributed by atoms with Crippen LogP contribution in [0.3, 0.4) is 0 Å². The lowest BCUT2D eigenvalue weighted by Crippen LogP contribution is -2.08. The molecule has 0 aliphatic rings. The monoisotopic (exact) mass is 266 g/mol. The predicted octanol–water partition coefficient (Wildman–Crippen LogP) is 2.50. The molecule has 2 N–H and O–H groups in total. The number of aromatic nitrogens is 3. The maximum atomic E-state index is 5.92. The summed E-state index contributed by atoms with van der Waals surface area (Å²) in [5.41, 5.74) is 6.17. The average molecular weight is 267 g/mol. The predicted molar refractivity (Wildman–Crippen MR) is 70.5 cm³/mol. The fourth-order valence-corrected chi connectivity index (χ4v) is 1.71. The number of nitrogens with two attached hydrogens (primary N) is 1. The van der Waals surface area contributed by atoms with Gasteiger partial charge in [-0.2, -0.15) is 5.10 Å². The molecule has 2 aromatic rings. The fourth-order valence-electron chi connectivity index (χ4n) is 1.54. The second-order valence-corrected chi connectivity index (χ2v) is 4.28. The SMILES string of the molecule is CCCn1ncnc1COc1ccc(N)c(Cl)c1. The van der Waals surface area contributed by atoms with Crippen molar-refractivity contribution in [3.63, 3.8) is 0 Å². The lowest BCUT2D eigenvalue weighted by atomic mass is 10.3. The molecule has 0 radical (unpaired) electrons. The van der Waals surface area contributed by atoms with Gasteiger partial charge in [-0.25, -0.2) is 9.67 Å². The molecule has 0 unspecified atom stereocenters. The highest BCUT2D eigenvalue weighted by molar-refractivity contribution is 6.33. The fraction of sp³-hybridized carbons (Fsp3) is 0.333. The van der Waals surface area contributed by atoms with Crippen molar-refractivity contribution >= 4 is 17.3 Å². The quantitative estimate of drug-likeness (QED) is 0.845. The number of halogens is 1. The van der Waals surface area contributed by atoms with Crippen LogP contribution in [0.4, 0.5) is 5.69 Å². The van der Waals surface area contributed by atoms with Crippen molar-refractivity contribution in [2.75, 3.05) is 5.73 Å². The Hall–Kier alpha value is -1.75. The van der Waals surface area contributed by atoms with Crippen LogP contribution in [0.25, 0.3) is 0 Å². The number of benzene rings is 1. The van der Waals surface area contributed by atoms with E-state index in [4.69, 9.17) is 22.1 Å². The van der Waals surface area contributed by atoms with E-state index >= 15 is 0 Å². The first-order valence-corrected chi connectivity index (χ1v) is 6.13. The van der Waals surface area contributed by atoms with Gasteiger partial charge >= 0.3 is 0 Å². The molecule has 0 saturated heterocycles. The van der Waals surface area contributed by atoms with E-state index in [9.17, 15) is 0 Å². The van der Waals surface area contributed by atoms with Crippen LogP contribution in [-0.2, 0) is 13.2 Å². The van der Waals surface area contributed by atoms with Crippen LogP contribution in [0, 0.1) is 0 Å². The Morgan fingerprint density at radius 3 is 3.00 bits per heavy atom. The molecule has 0 bridgehead atoms. The molecule has 1 heterocycles. The van der Waals surface area contributed by atoms with Crippen LogP contribution >= 0.6 is 11.6 Å². The summed E-state index contributed by atoms with van der Waals surface area (Å²) in [6.45, 7) is 3.29. The minimum Gasteiger partial charge on any atom is -0.486 e. The Bertz CT molecular complexity index is 527. The second-order valence-electron chi connectivity index (χ2n) is 3.87. The molecule has 0 aliphatic heterocycles. The third-order valence-electron chi connectivity index (χ3n) is 2.47. The van der Waals surface area contributed by atoms with E-state index in [1.54, 1.807) is 18.2 Å². The normalized spacial score (nSPS) is 10.6. The largest absolute Gasteiger partial charge is 0.486 e. The van der Waals surface area contributed by atoms with Gasteiger partial charge in [0.2, 0.25) is 0 Å². The molecule has 1 aromatic heterocycles. The lowest BCUT2D eigenvalue weighted by molar-refractivity contribution is 0.286. The van der Waals surface area contributed by atoms with Crippen LogP contribution in [-0.4, -0.2) is 14.8 Å². The number of nitrogens with zero attached hydrogens (tertiary/aromatic N) is 3. The Kier molecular flexibility index (Phi) is 4.04. The average Bonchev–Trinajstić information content (AvgIpc) is 2.79. The maximum absolute atomic E-state index is 5.92. The Morgan fingerprint density at radius 1 is 1.44 bits per heavy atom. The van der Waals surface area contributed by atoms with Gasteiger partial charge in [0.1, 0.15) is 18.7 Å². The van der Waals surface area contributed by atoms with E-state index in [0.717, 1.165) is 18.8 Å². The van der Waals surface area contributed by atoms with Crippen molar-refractivity contribution in [1.29, 1.82) is 0 Å². The van der Waals surface area contributed by atoms with Gasteiger partial charge in [-0.1, -0.05) is 18.5 Å². The summed E-state index contributed by atoms with van der Waals surface area (Å²) in [6.07, 6.45) is 2.54. The van der Waals surface area contributed by atoms with Gasteiger partial charge in [0.05, 0.1) is 10.7 Å². The van der Waals surface area contributed by atoms with E-state index in [-0.39, 0.29) is 0 Å². The molecule has 0 amide bonds. The van der Waals surface area contributed by atoms with Crippen molar-refractivity contribution in [3.8, 4) is 5.75 Å². The maximum Gasteiger partial charge on any atom is 0.164 e. The number of hydrogen-bond acceptors (Lipinski definition) is 4. The summed E-state index contributed by atoms with van der Waals surface area (Å²) in [6, 6.07) is 5.19. The number of rotatable bonds is 5. The van der Waals surface area contributed by atoms with Crippen LogP contribution in [0.15, 0.2) is 24.5 Å². The summed E-state index contributed by atoms with van der Waals surface area (Å²) < 4.78 is 7.44. The lowest BCUT2D eigenvalue weighted by Gasteiger charge is -2.08. The highest BCUT2D eigenvalue weighted by Crippen LogP contribution is 2.24. The van der Waals surface area contributed by atoms with Gasteiger partial charge in [-0.3, -0.25) is 0 Å². The molecular formula is C12H15ClN4O. The Labute approximate surface area is 111 Å². The molecular weight excluding hydrogens is 252 g/mol. The summed E-state index contributed by atoms with van der Waals surface area (Å²) in [7, 11) is 0. The van der Waals surface area contributed by atoms with E-state index in [0.29, 0.717) is 23.1 Å². The third-order valence-corrected chi connectivity index (χ3v) is 2.80. The molecule has 18 heavy (non-hydrogen) atoms. The minimum absolute atomic E-state index is 0.361. The number of hydrogen-bond donors (Lipinski definition) is 1. The summed E-state index contributed by atoms with van der Waals surface area (Å²) in [5, 5.41) is 4.62. The van der Waals surface area contributed by atoms with Crippen molar-refractivity contribution in [3.05, 3.63) is 35.4 Å². The molecule has 0 saturated carbocycles. The summed E-state index contributed by atoms with van der Waals surface area (Å²) >= 11 is 5.92. The highest BCUT2D eigenvalue weighted by Gasteiger charge is 2.05.